The molecule has 98 valence electrons. The van der Waals surface area contributed by atoms with Crippen LogP contribution >= 0.6 is 0 Å². The molecule has 1 aliphatic rings. The van der Waals surface area contributed by atoms with Gasteiger partial charge in [0.1, 0.15) is 0 Å². The number of nitrogens with one attached hydrogen (secondary N) is 1. The van der Waals surface area contributed by atoms with Crippen molar-refractivity contribution in [3.05, 3.63) is 11.6 Å². The Kier molecular flexibility index (Phi) is 7.78. The summed E-state index contributed by atoms with van der Waals surface area (Å²) in [6, 6.07) is 0. The molecule has 0 radical (unpaired) electrons. The molecule has 0 heterocycles. The summed E-state index contributed by atoms with van der Waals surface area (Å²) in [7, 11) is 0. The molecule has 0 saturated heterocycles. The first-order chi connectivity index (χ1) is 8.33. The van der Waals surface area contributed by atoms with Crippen molar-refractivity contribution in [2.45, 2.75) is 71.1 Å². The van der Waals surface area contributed by atoms with Crippen LogP contribution in [0.25, 0.3) is 0 Å². The smallest absolute Gasteiger partial charge is 0.220 e. The van der Waals surface area contributed by atoms with E-state index in [0.717, 1.165) is 19.4 Å². The number of unbranched alkanes of at least 4 members (excludes halogenated alkanes) is 3. The molecule has 17 heavy (non-hydrogen) atoms. The summed E-state index contributed by atoms with van der Waals surface area (Å²) in [5.41, 5.74) is 1.54. The number of carbonyl (C=O) groups excluding carboxylic acids is 1. The molecule has 2 nitrogen and oxygen atoms in total. The van der Waals surface area contributed by atoms with Crippen LogP contribution in [0.1, 0.15) is 71.1 Å². The maximum Gasteiger partial charge on any atom is 0.220 e. The van der Waals surface area contributed by atoms with E-state index in [1.54, 1.807) is 5.57 Å². The second kappa shape index (κ2) is 9.26. The zero-order valence-corrected chi connectivity index (χ0v) is 11.3. The number of amides is 1. The van der Waals surface area contributed by atoms with Crippen LogP contribution in [0, 0.1) is 0 Å². The lowest BCUT2D eigenvalue weighted by Gasteiger charge is -2.12. The maximum atomic E-state index is 11.5. The lowest BCUT2D eigenvalue weighted by atomic mass is 9.97. The lowest BCUT2D eigenvalue weighted by Crippen LogP contribution is -2.24. The van der Waals surface area contributed by atoms with Crippen molar-refractivity contribution in [1.29, 1.82) is 0 Å². The van der Waals surface area contributed by atoms with Gasteiger partial charge < -0.3 is 5.32 Å². The van der Waals surface area contributed by atoms with Gasteiger partial charge in [0, 0.05) is 13.0 Å². The van der Waals surface area contributed by atoms with Gasteiger partial charge in [0.05, 0.1) is 0 Å². The molecule has 0 fully saturated rings. The molecule has 1 rings (SSSR count). The normalized spacial score (nSPS) is 15.5. The van der Waals surface area contributed by atoms with Crippen molar-refractivity contribution in [1.82, 2.24) is 5.32 Å². The van der Waals surface area contributed by atoms with Crippen LogP contribution in [0.5, 0.6) is 0 Å². The van der Waals surface area contributed by atoms with Crippen LogP contribution in [-0.4, -0.2) is 12.5 Å². The molecule has 0 aromatic carbocycles. The lowest BCUT2D eigenvalue weighted by molar-refractivity contribution is -0.121. The first-order valence-electron chi connectivity index (χ1n) is 7.27. The van der Waals surface area contributed by atoms with Gasteiger partial charge in [-0.1, -0.05) is 37.8 Å². The number of hydrogen-bond donors (Lipinski definition) is 1. The van der Waals surface area contributed by atoms with Crippen molar-refractivity contribution in [2.75, 3.05) is 6.54 Å². The van der Waals surface area contributed by atoms with E-state index in [-0.39, 0.29) is 5.91 Å². The van der Waals surface area contributed by atoms with Gasteiger partial charge in [0.2, 0.25) is 5.91 Å². The van der Waals surface area contributed by atoms with Crippen LogP contribution in [0.2, 0.25) is 0 Å². The first-order valence-corrected chi connectivity index (χ1v) is 7.27. The monoisotopic (exact) mass is 237 g/mol. The van der Waals surface area contributed by atoms with Gasteiger partial charge in [-0.2, -0.15) is 0 Å². The molecule has 1 aliphatic carbocycles. The minimum atomic E-state index is 0.234. The Hall–Kier alpha value is -0.790. The Labute approximate surface area is 106 Å². The standard InChI is InChI=1S/C15H27NO/c1-2-3-4-8-11-15(17)16-13-12-14-9-6-5-7-10-14/h9H,2-8,10-13H2,1H3,(H,16,17). The summed E-state index contributed by atoms with van der Waals surface area (Å²) in [5.74, 6) is 0.234. The van der Waals surface area contributed by atoms with Crippen LogP contribution in [-0.2, 0) is 4.79 Å². The number of allylic oxidation sites excluding steroid dienone is 1. The van der Waals surface area contributed by atoms with Crippen LogP contribution < -0.4 is 5.32 Å². The molecule has 0 unspecified atom stereocenters. The Morgan fingerprint density at radius 1 is 1.29 bits per heavy atom. The Morgan fingerprint density at radius 3 is 2.88 bits per heavy atom. The highest BCUT2D eigenvalue weighted by atomic mass is 16.1. The molecular weight excluding hydrogens is 210 g/mol. The fraction of sp³-hybridized carbons (Fsp3) is 0.800. The third-order valence-corrected chi connectivity index (χ3v) is 3.41. The summed E-state index contributed by atoms with van der Waals surface area (Å²) >= 11 is 0. The largest absolute Gasteiger partial charge is 0.356 e. The molecule has 2 heteroatoms. The minimum absolute atomic E-state index is 0.234. The first kappa shape index (κ1) is 14.3. The summed E-state index contributed by atoms with van der Waals surface area (Å²) in [5, 5.41) is 3.03. The van der Waals surface area contributed by atoms with Crippen molar-refractivity contribution in [2.24, 2.45) is 0 Å². The van der Waals surface area contributed by atoms with Crippen molar-refractivity contribution < 1.29 is 4.79 Å². The summed E-state index contributed by atoms with van der Waals surface area (Å²) in [6.07, 6.45) is 14.0. The van der Waals surface area contributed by atoms with Crippen molar-refractivity contribution in [3.63, 3.8) is 0 Å². The molecule has 1 amide bonds. The molecule has 0 atom stereocenters. The van der Waals surface area contributed by atoms with E-state index in [1.807, 2.05) is 0 Å². The van der Waals surface area contributed by atoms with Gasteiger partial charge in [0.25, 0.3) is 0 Å². The van der Waals surface area contributed by atoms with E-state index in [0.29, 0.717) is 6.42 Å². The number of rotatable bonds is 8. The average molecular weight is 237 g/mol. The van der Waals surface area contributed by atoms with Gasteiger partial charge in [0.15, 0.2) is 0 Å². The van der Waals surface area contributed by atoms with Crippen LogP contribution in [0.3, 0.4) is 0 Å². The predicted octanol–water partition coefficient (Wildman–Crippen LogP) is 3.96. The van der Waals surface area contributed by atoms with E-state index < -0.39 is 0 Å². The molecule has 0 aliphatic heterocycles. The Morgan fingerprint density at radius 2 is 2.18 bits per heavy atom. The average Bonchev–Trinajstić information content (AvgIpc) is 2.36. The maximum absolute atomic E-state index is 11.5. The number of carbonyl (C=O) groups is 1. The highest BCUT2D eigenvalue weighted by molar-refractivity contribution is 5.75. The van der Waals surface area contributed by atoms with Gasteiger partial charge in [-0.3, -0.25) is 4.79 Å². The highest BCUT2D eigenvalue weighted by Gasteiger charge is 2.04. The van der Waals surface area contributed by atoms with Crippen LogP contribution in [0.4, 0.5) is 0 Å². The summed E-state index contributed by atoms with van der Waals surface area (Å²) in [4.78, 5) is 11.5. The molecule has 0 aromatic heterocycles. The fourth-order valence-corrected chi connectivity index (χ4v) is 2.29. The van der Waals surface area contributed by atoms with Crippen molar-refractivity contribution in [3.8, 4) is 0 Å². The molecule has 0 bridgehead atoms. The zero-order chi connectivity index (χ0) is 12.3. The Bertz CT molecular complexity index is 245. The molecular formula is C15H27NO. The SMILES string of the molecule is CCCCCCC(=O)NCCC1=CCCCC1. The molecule has 1 N–H and O–H groups in total. The van der Waals surface area contributed by atoms with E-state index in [1.165, 1.54) is 44.9 Å². The fourth-order valence-electron chi connectivity index (χ4n) is 2.29. The summed E-state index contributed by atoms with van der Waals surface area (Å²) < 4.78 is 0. The van der Waals surface area contributed by atoms with E-state index in [2.05, 4.69) is 18.3 Å². The third-order valence-electron chi connectivity index (χ3n) is 3.41. The minimum Gasteiger partial charge on any atom is -0.356 e. The second-order valence-electron chi connectivity index (χ2n) is 5.02. The van der Waals surface area contributed by atoms with E-state index in [9.17, 15) is 4.79 Å². The topological polar surface area (TPSA) is 29.1 Å². The van der Waals surface area contributed by atoms with Crippen LogP contribution in [0.15, 0.2) is 11.6 Å². The van der Waals surface area contributed by atoms with Gasteiger partial charge >= 0.3 is 0 Å². The third kappa shape index (κ3) is 7.19. The summed E-state index contributed by atoms with van der Waals surface area (Å²) in [6.45, 7) is 3.02. The van der Waals surface area contributed by atoms with Gasteiger partial charge in [-0.25, -0.2) is 0 Å². The van der Waals surface area contributed by atoms with Gasteiger partial charge in [-0.05, 0) is 38.5 Å². The van der Waals surface area contributed by atoms with E-state index in [4.69, 9.17) is 0 Å². The highest BCUT2D eigenvalue weighted by Crippen LogP contribution is 2.19. The second-order valence-corrected chi connectivity index (χ2v) is 5.02. The molecule has 0 saturated carbocycles. The van der Waals surface area contributed by atoms with E-state index >= 15 is 0 Å². The quantitative estimate of drug-likeness (QED) is 0.502. The number of hydrogen-bond acceptors (Lipinski definition) is 1. The molecule has 0 spiro atoms. The molecule has 0 aromatic rings. The Balaban J connectivity index is 1.98. The van der Waals surface area contributed by atoms with Crippen molar-refractivity contribution >= 4 is 5.91 Å². The van der Waals surface area contributed by atoms with Gasteiger partial charge in [-0.15, -0.1) is 0 Å². The zero-order valence-electron chi connectivity index (χ0n) is 11.3. The predicted molar refractivity (Wildman–Crippen MR) is 72.9 cm³/mol.